The Labute approximate surface area is 147 Å². The number of imide groups is 1. The number of para-hydroxylation sites is 1. The zero-order chi connectivity index (χ0) is 17.7. The first-order valence-corrected chi connectivity index (χ1v) is 8.44. The summed E-state index contributed by atoms with van der Waals surface area (Å²) in [6.45, 7) is 2.30. The minimum atomic E-state index is -0.861. The van der Waals surface area contributed by atoms with Crippen LogP contribution in [0, 0.1) is 0 Å². The second kappa shape index (κ2) is 7.38. The first-order valence-electron chi connectivity index (χ1n) is 8.44. The highest BCUT2D eigenvalue weighted by Gasteiger charge is 2.47. The van der Waals surface area contributed by atoms with Gasteiger partial charge in [0.1, 0.15) is 17.9 Å². The summed E-state index contributed by atoms with van der Waals surface area (Å²) in [6, 6.07) is 19.0. The molecule has 25 heavy (non-hydrogen) atoms. The molecule has 2 aromatic carbocycles. The van der Waals surface area contributed by atoms with Gasteiger partial charge >= 0.3 is 6.03 Å². The Morgan fingerprint density at radius 2 is 1.64 bits per heavy atom. The van der Waals surface area contributed by atoms with E-state index in [0.717, 1.165) is 17.7 Å². The van der Waals surface area contributed by atoms with Crippen LogP contribution in [0.5, 0.6) is 5.75 Å². The van der Waals surface area contributed by atoms with Gasteiger partial charge in [0.05, 0.1) is 6.54 Å². The number of amides is 3. The van der Waals surface area contributed by atoms with Crippen LogP contribution in [-0.2, 0) is 11.2 Å². The SMILES string of the molecule is C[C@]1(CCc2ccccc2)NC(=O)N(CCOc2ccccc2)C1=O. The average Bonchev–Trinajstić information content (AvgIpc) is 2.85. The molecule has 5 heteroatoms. The van der Waals surface area contributed by atoms with Crippen LogP contribution in [0.3, 0.4) is 0 Å². The lowest BCUT2D eigenvalue weighted by Gasteiger charge is -2.21. The quantitative estimate of drug-likeness (QED) is 0.790. The van der Waals surface area contributed by atoms with Crippen LogP contribution < -0.4 is 10.1 Å². The van der Waals surface area contributed by atoms with E-state index in [4.69, 9.17) is 4.74 Å². The lowest BCUT2D eigenvalue weighted by Crippen LogP contribution is -2.44. The van der Waals surface area contributed by atoms with Crippen molar-refractivity contribution < 1.29 is 14.3 Å². The number of nitrogens with one attached hydrogen (secondary N) is 1. The number of benzene rings is 2. The van der Waals surface area contributed by atoms with Gasteiger partial charge < -0.3 is 10.1 Å². The van der Waals surface area contributed by atoms with E-state index >= 15 is 0 Å². The van der Waals surface area contributed by atoms with Crippen LogP contribution in [0.25, 0.3) is 0 Å². The standard InChI is InChI=1S/C20H22N2O3/c1-20(13-12-16-8-4-2-5-9-16)18(23)22(19(24)21-20)14-15-25-17-10-6-3-7-11-17/h2-11H,12-15H2,1H3,(H,21,24)/t20-/m1/s1. The molecule has 1 aliphatic heterocycles. The molecule has 130 valence electrons. The van der Waals surface area contributed by atoms with E-state index in [0.29, 0.717) is 6.42 Å². The molecule has 0 spiro atoms. The smallest absolute Gasteiger partial charge is 0.325 e. The maximum atomic E-state index is 12.7. The van der Waals surface area contributed by atoms with Crippen molar-refractivity contribution in [3.05, 3.63) is 66.2 Å². The van der Waals surface area contributed by atoms with Crippen LogP contribution >= 0.6 is 0 Å². The van der Waals surface area contributed by atoms with Gasteiger partial charge in [0, 0.05) is 0 Å². The molecule has 3 amide bonds. The Bertz CT molecular complexity index is 733. The van der Waals surface area contributed by atoms with Crippen molar-refractivity contribution in [3.63, 3.8) is 0 Å². The van der Waals surface area contributed by atoms with Crippen molar-refractivity contribution in [2.45, 2.75) is 25.3 Å². The maximum Gasteiger partial charge on any atom is 0.325 e. The number of nitrogens with zero attached hydrogens (tertiary/aromatic N) is 1. The largest absolute Gasteiger partial charge is 0.492 e. The van der Waals surface area contributed by atoms with Crippen LogP contribution in [0.1, 0.15) is 18.9 Å². The molecule has 1 atom stereocenters. The molecule has 1 heterocycles. The Hall–Kier alpha value is -2.82. The van der Waals surface area contributed by atoms with Gasteiger partial charge in [-0.2, -0.15) is 0 Å². The zero-order valence-electron chi connectivity index (χ0n) is 14.3. The van der Waals surface area contributed by atoms with Crippen LogP contribution in [0.15, 0.2) is 60.7 Å². The molecule has 3 rings (SSSR count). The average molecular weight is 338 g/mol. The van der Waals surface area contributed by atoms with Gasteiger partial charge in [-0.25, -0.2) is 4.79 Å². The second-order valence-electron chi connectivity index (χ2n) is 6.37. The summed E-state index contributed by atoms with van der Waals surface area (Å²) in [5.74, 6) is 0.534. The van der Waals surface area contributed by atoms with E-state index in [1.807, 2.05) is 60.7 Å². The number of carbonyl (C=O) groups is 2. The molecule has 0 unspecified atom stereocenters. The molecule has 1 saturated heterocycles. The molecular formula is C20H22N2O3. The van der Waals surface area contributed by atoms with E-state index in [-0.39, 0.29) is 25.1 Å². The summed E-state index contributed by atoms with van der Waals surface area (Å²) in [5, 5.41) is 2.83. The number of hydrogen-bond acceptors (Lipinski definition) is 3. The highest BCUT2D eigenvalue weighted by atomic mass is 16.5. The van der Waals surface area contributed by atoms with E-state index in [9.17, 15) is 9.59 Å². The fourth-order valence-corrected chi connectivity index (χ4v) is 2.93. The molecule has 2 aromatic rings. The molecule has 0 aromatic heterocycles. The van der Waals surface area contributed by atoms with Gasteiger partial charge in [0.2, 0.25) is 0 Å². The predicted molar refractivity (Wildman–Crippen MR) is 95.3 cm³/mol. The molecule has 1 aliphatic rings. The molecular weight excluding hydrogens is 316 g/mol. The number of rotatable bonds is 7. The minimum absolute atomic E-state index is 0.190. The fourth-order valence-electron chi connectivity index (χ4n) is 2.93. The van der Waals surface area contributed by atoms with Crippen molar-refractivity contribution in [2.75, 3.05) is 13.2 Å². The van der Waals surface area contributed by atoms with E-state index in [1.54, 1.807) is 6.92 Å². The van der Waals surface area contributed by atoms with E-state index < -0.39 is 5.54 Å². The third-order valence-corrected chi connectivity index (χ3v) is 4.43. The van der Waals surface area contributed by atoms with Gasteiger partial charge in [-0.3, -0.25) is 9.69 Å². The van der Waals surface area contributed by atoms with E-state index in [2.05, 4.69) is 5.32 Å². The van der Waals surface area contributed by atoms with E-state index in [1.165, 1.54) is 4.90 Å². The van der Waals surface area contributed by atoms with Crippen LogP contribution in [0.2, 0.25) is 0 Å². The number of hydrogen-bond donors (Lipinski definition) is 1. The van der Waals surface area contributed by atoms with Crippen molar-refractivity contribution in [2.24, 2.45) is 0 Å². The summed E-state index contributed by atoms with van der Waals surface area (Å²) < 4.78 is 5.59. The highest BCUT2D eigenvalue weighted by molar-refractivity contribution is 6.06. The normalized spacial score (nSPS) is 19.8. The van der Waals surface area contributed by atoms with Gasteiger partial charge in [-0.1, -0.05) is 48.5 Å². The maximum absolute atomic E-state index is 12.7. The number of ether oxygens (including phenoxy) is 1. The Kier molecular flexibility index (Phi) is 5.03. The van der Waals surface area contributed by atoms with Gasteiger partial charge in [-0.15, -0.1) is 0 Å². The molecule has 1 N–H and O–H groups in total. The third kappa shape index (κ3) is 3.99. The molecule has 0 radical (unpaired) electrons. The Morgan fingerprint density at radius 1 is 1.00 bits per heavy atom. The first-order chi connectivity index (χ1) is 12.1. The number of urea groups is 1. The third-order valence-electron chi connectivity index (χ3n) is 4.43. The molecule has 0 bridgehead atoms. The Balaban J connectivity index is 1.55. The lowest BCUT2D eigenvalue weighted by molar-refractivity contribution is -0.131. The zero-order valence-corrected chi connectivity index (χ0v) is 14.3. The fraction of sp³-hybridized carbons (Fsp3) is 0.300. The second-order valence-corrected chi connectivity index (χ2v) is 6.37. The van der Waals surface area contributed by atoms with Crippen LogP contribution in [-0.4, -0.2) is 35.5 Å². The Morgan fingerprint density at radius 3 is 2.32 bits per heavy atom. The van der Waals surface area contributed by atoms with Gasteiger partial charge in [-0.05, 0) is 37.5 Å². The summed E-state index contributed by atoms with van der Waals surface area (Å²) in [7, 11) is 0. The number of carbonyl (C=O) groups excluding carboxylic acids is 2. The summed E-state index contributed by atoms with van der Waals surface area (Å²) in [4.78, 5) is 26.1. The molecule has 1 fully saturated rings. The molecule has 5 nitrogen and oxygen atoms in total. The lowest BCUT2D eigenvalue weighted by atomic mass is 9.93. The topological polar surface area (TPSA) is 58.6 Å². The number of aryl methyl sites for hydroxylation is 1. The van der Waals surface area contributed by atoms with Gasteiger partial charge in [0.25, 0.3) is 5.91 Å². The summed E-state index contributed by atoms with van der Waals surface area (Å²) >= 11 is 0. The monoisotopic (exact) mass is 338 g/mol. The molecule has 0 saturated carbocycles. The predicted octanol–water partition coefficient (Wildman–Crippen LogP) is 3.01. The highest BCUT2D eigenvalue weighted by Crippen LogP contribution is 2.23. The summed E-state index contributed by atoms with van der Waals surface area (Å²) in [5.41, 5.74) is 0.288. The summed E-state index contributed by atoms with van der Waals surface area (Å²) in [6.07, 6.45) is 1.30. The van der Waals surface area contributed by atoms with Crippen molar-refractivity contribution in [3.8, 4) is 5.75 Å². The van der Waals surface area contributed by atoms with Crippen LogP contribution in [0.4, 0.5) is 4.79 Å². The van der Waals surface area contributed by atoms with Gasteiger partial charge in [0.15, 0.2) is 0 Å². The minimum Gasteiger partial charge on any atom is -0.492 e. The van der Waals surface area contributed by atoms with Crippen molar-refractivity contribution in [1.29, 1.82) is 0 Å². The van der Waals surface area contributed by atoms with Crippen molar-refractivity contribution in [1.82, 2.24) is 10.2 Å². The molecule has 0 aliphatic carbocycles. The van der Waals surface area contributed by atoms with Crippen molar-refractivity contribution >= 4 is 11.9 Å². The first kappa shape index (κ1) is 17.0.